The fraction of sp³-hybridized carbons (Fsp3) is 0.105. The Labute approximate surface area is 160 Å². The molecule has 1 N–H and O–H groups in total. The van der Waals surface area contributed by atoms with E-state index in [4.69, 9.17) is 33.0 Å². The molecule has 0 aliphatic heterocycles. The van der Waals surface area contributed by atoms with E-state index in [2.05, 4.69) is 16.5 Å². The van der Waals surface area contributed by atoms with Crippen molar-refractivity contribution in [3.05, 3.63) is 75.0 Å². The van der Waals surface area contributed by atoms with E-state index in [1.54, 1.807) is 49.4 Å². The maximum atomic E-state index is 12.7. The molecule has 0 bridgehead atoms. The van der Waals surface area contributed by atoms with Crippen molar-refractivity contribution in [1.29, 1.82) is 5.26 Å². The molecule has 0 unspecified atom stereocenters. The molecule has 3 aromatic rings. The van der Waals surface area contributed by atoms with Crippen LogP contribution in [0.4, 0.5) is 0 Å². The van der Waals surface area contributed by atoms with Crippen LogP contribution >= 0.6 is 23.2 Å². The largest absolute Gasteiger partial charge is 0.360 e. The Kier molecular flexibility index (Phi) is 5.27. The monoisotopic (exact) mass is 385 g/mol. The molecule has 0 atom stereocenters. The van der Waals surface area contributed by atoms with Gasteiger partial charge in [-0.05, 0) is 36.8 Å². The second kappa shape index (κ2) is 7.61. The summed E-state index contributed by atoms with van der Waals surface area (Å²) < 4.78 is 5.20. The molecule has 0 spiro atoms. The SMILES string of the molecule is Cc1onc(-c2c(Cl)cccc2Cl)c1C(=O)NCc1ccc(C#N)cc1. The summed E-state index contributed by atoms with van der Waals surface area (Å²) in [5.41, 5.74) is 2.47. The van der Waals surface area contributed by atoms with Gasteiger partial charge in [-0.25, -0.2) is 0 Å². The summed E-state index contributed by atoms with van der Waals surface area (Å²) >= 11 is 12.5. The van der Waals surface area contributed by atoms with E-state index in [-0.39, 0.29) is 11.5 Å². The van der Waals surface area contributed by atoms with Gasteiger partial charge in [0.2, 0.25) is 0 Å². The number of nitrogens with zero attached hydrogens (tertiary/aromatic N) is 2. The van der Waals surface area contributed by atoms with Gasteiger partial charge in [-0.3, -0.25) is 4.79 Å². The summed E-state index contributed by atoms with van der Waals surface area (Å²) in [7, 11) is 0. The lowest BCUT2D eigenvalue weighted by Crippen LogP contribution is -2.23. The first-order valence-electron chi connectivity index (χ1n) is 7.69. The second-order valence-corrected chi connectivity index (χ2v) is 6.36. The van der Waals surface area contributed by atoms with Crippen LogP contribution in [0, 0.1) is 18.3 Å². The maximum absolute atomic E-state index is 12.7. The van der Waals surface area contributed by atoms with Crippen molar-refractivity contribution in [3.8, 4) is 17.3 Å². The van der Waals surface area contributed by atoms with Crippen LogP contribution in [0.3, 0.4) is 0 Å². The van der Waals surface area contributed by atoms with Gasteiger partial charge in [-0.15, -0.1) is 0 Å². The summed E-state index contributed by atoms with van der Waals surface area (Å²) in [5, 5.41) is 16.4. The van der Waals surface area contributed by atoms with Crippen LogP contribution in [0.2, 0.25) is 10.0 Å². The first-order valence-corrected chi connectivity index (χ1v) is 8.44. The van der Waals surface area contributed by atoms with Crippen molar-refractivity contribution in [1.82, 2.24) is 10.5 Å². The Morgan fingerprint density at radius 3 is 2.46 bits per heavy atom. The number of aryl methyl sites for hydroxylation is 1. The zero-order valence-corrected chi connectivity index (χ0v) is 15.2. The molecular formula is C19H13Cl2N3O2. The number of halogens is 2. The molecule has 1 heterocycles. The molecule has 130 valence electrons. The van der Waals surface area contributed by atoms with Gasteiger partial charge in [-0.2, -0.15) is 5.26 Å². The van der Waals surface area contributed by atoms with Gasteiger partial charge in [0.15, 0.2) is 0 Å². The number of aromatic nitrogens is 1. The van der Waals surface area contributed by atoms with E-state index >= 15 is 0 Å². The molecule has 0 aliphatic carbocycles. The van der Waals surface area contributed by atoms with E-state index in [9.17, 15) is 4.79 Å². The molecule has 0 aliphatic rings. The highest BCUT2D eigenvalue weighted by molar-refractivity contribution is 6.39. The lowest BCUT2D eigenvalue weighted by molar-refractivity contribution is 0.0950. The highest BCUT2D eigenvalue weighted by Crippen LogP contribution is 2.36. The minimum atomic E-state index is -0.348. The average molecular weight is 386 g/mol. The topological polar surface area (TPSA) is 78.9 Å². The molecule has 0 fully saturated rings. The van der Waals surface area contributed by atoms with Gasteiger partial charge >= 0.3 is 0 Å². The molecule has 0 saturated carbocycles. The normalized spacial score (nSPS) is 10.4. The van der Waals surface area contributed by atoms with Crippen LogP contribution in [-0.2, 0) is 6.54 Å². The zero-order valence-electron chi connectivity index (χ0n) is 13.7. The van der Waals surface area contributed by atoms with E-state index in [1.165, 1.54) is 0 Å². The molecule has 2 aromatic carbocycles. The Balaban J connectivity index is 1.86. The zero-order chi connectivity index (χ0) is 18.7. The second-order valence-electron chi connectivity index (χ2n) is 5.55. The van der Waals surface area contributed by atoms with Crippen LogP contribution in [0.15, 0.2) is 47.0 Å². The van der Waals surface area contributed by atoms with Crippen molar-refractivity contribution in [2.75, 3.05) is 0 Å². The number of carbonyl (C=O) groups is 1. The van der Waals surface area contributed by atoms with E-state index in [1.807, 2.05) is 0 Å². The van der Waals surface area contributed by atoms with Crippen LogP contribution in [0.5, 0.6) is 0 Å². The lowest BCUT2D eigenvalue weighted by atomic mass is 10.1. The van der Waals surface area contributed by atoms with Crippen molar-refractivity contribution in [2.24, 2.45) is 0 Å². The molecule has 26 heavy (non-hydrogen) atoms. The summed E-state index contributed by atoms with van der Waals surface area (Å²) in [6.07, 6.45) is 0. The number of hydrogen-bond donors (Lipinski definition) is 1. The fourth-order valence-electron chi connectivity index (χ4n) is 2.50. The van der Waals surface area contributed by atoms with Gasteiger partial charge in [0.05, 0.1) is 21.7 Å². The first-order chi connectivity index (χ1) is 12.5. The molecule has 3 rings (SSSR count). The average Bonchev–Trinajstić information content (AvgIpc) is 3.01. The summed E-state index contributed by atoms with van der Waals surface area (Å²) in [5.74, 6) is 0.0208. The fourth-order valence-corrected chi connectivity index (χ4v) is 3.08. The molecule has 7 heteroatoms. The number of amides is 1. The summed E-state index contributed by atoms with van der Waals surface area (Å²) in [6, 6.07) is 14.1. The highest BCUT2D eigenvalue weighted by atomic mass is 35.5. The number of hydrogen-bond acceptors (Lipinski definition) is 4. The number of benzene rings is 2. The first kappa shape index (κ1) is 18.0. The molecule has 0 radical (unpaired) electrons. The number of rotatable bonds is 4. The minimum absolute atomic E-state index is 0.286. The standard InChI is InChI=1S/C19H13Cl2N3O2/c1-11-16(18(24-26-11)17-14(20)3-2-4-15(17)21)19(25)23-10-13-7-5-12(9-22)6-8-13/h2-8H,10H2,1H3,(H,23,25). The minimum Gasteiger partial charge on any atom is -0.360 e. The van der Waals surface area contributed by atoms with Gasteiger partial charge < -0.3 is 9.84 Å². The third kappa shape index (κ3) is 3.57. The third-order valence-electron chi connectivity index (χ3n) is 3.83. The molecule has 1 aromatic heterocycles. The van der Waals surface area contributed by atoms with E-state index in [0.29, 0.717) is 39.2 Å². The Hall–Kier alpha value is -2.81. The quantitative estimate of drug-likeness (QED) is 0.701. The lowest BCUT2D eigenvalue weighted by Gasteiger charge is -2.08. The van der Waals surface area contributed by atoms with Gasteiger partial charge in [0.1, 0.15) is 17.0 Å². The van der Waals surface area contributed by atoms with Crippen LogP contribution in [0.25, 0.3) is 11.3 Å². The Morgan fingerprint density at radius 1 is 1.19 bits per heavy atom. The van der Waals surface area contributed by atoms with Crippen LogP contribution in [0.1, 0.15) is 27.2 Å². The van der Waals surface area contributed by atoms with Crippen LogP contribution < -0.4 is 5.32 Å². The maximum Gasteiger partial charge on any atom is 0.257 e. The number of carbonyl (C=O) groups excluding carboxylic acids is 1. The predicted octanol–water partition coefficient (Wildman–Crippen LogP) is 4.76. The van der Waals surface area contributed by atoms with Crippen LogP contribution in [-0.4, -0.2) is 11.1 Å². The molecule has 5 nitrogen and oxygen atoms in total. The van der Waals surface area contributed by atoms with E-state index < -0.39 is 0 Å². The van der Waals surface area contributed by atoms with Gasteiger partial charge in [-0.1, -0.05) is 46.6 Å². The smallest absolute Gasteiger partial charge is 0.257 e. The third-order valence-corrected chi connectivity index (χ3v) is 4.46. The number of nitriles is 1. The molecular weight excluding hydrogens is 373 g/mol. The summed E-state index contributed by atoms with van der Waals surface area (Å²) in [4.78, 5) is 12.7. The van der Waals surface area contributed by atoms with E-state index in [0.717, 1.165) is 5.56 Å². The van der Waals surface area contributed by atoms with Crippen molar-refractivity contribution in [3.63, 3.8) is 0 Å². The summed E-state index contributed by atoms with van der Waals surface area (Å²) in [6.45, 7) is 1.95. The van der Waals surface area contributed by atoms with Crippen molar-refractivity contribution >= 4 is 29.1 Å². The Bertz CT molecular complexity index is 984. The van der Waals surface area contributed by atoms with Gasteiger partial charge in [0, 0.05) is 12.1 Å². The molecule has 1 amide bonds. The van der Waals surface area contributed by atoms with Gasteiger partial charge in [0.25, 0.3) is 5.91 Å². The highest BCUT2D eigenvalue weighted by Gasteiger charge is 2.24. The van der Waals surface area contributed by atoms with Crippen molar-refractivity contribution in [2.45, 2.75) is 13.5 Å². The Morgan fingerprint density at radius 2 is 1.85 bits per heavy atom. The molecule has 0 saturated heterocycles. The van der Waals surface area contributed by atoms with Crippen molar-refractivity contribution < 1.29 is 9.32 Å². The predicted molar refractivity (Wildman–Crippen MR) is 99.0 cm³/mol. The number of nitrogens with one attached hydrogen (secondary N) is 1.